The monoisotopic (exact) mass is 350 g/mol. The Bertz CT molecular complexity index is 601. The number of hydrogen-bond donors (Lipinski definition) is 0. The second-order valence-corrected chi connectivity index (χ2v) is 7.09. The van der Waals surface area contributed by atoms with Crippen LogP contribution in [0, 0.1) is 11.7 Å². The van der Waals surface area contributed by atoms with Gasteiger partial charge in [-0.2, -0.15) is 0 Å². The Hall–Kier alpha value is -2.11. The quantitative estimate of drug-likeness (QED) is 0.836. The van der Waals surface area contributed by atoms with E-state index in [2.05, 4.69) is 0 Å². The fourth-order valence-corrected chi connectivity index (χ4v) is 2.98. The van der Waals surface area contributed by atoms with E-state index in [4.69, 9.17) is 4.74 Å². The van der Waals surface area contributed by atoms with Gasteiger partial charge in [0.05, 0.1) is 12.1 Å². The molecule has 2 amide bonds. The summed E-state index contributed by atoms with van der Waals surface area (Å²) in [5, 5.41) is 0. The van der Waals surface area contributed by atoms with Gasteiger partial charge in [0.2, 0.25) is 5.91 Å². The van der Waals surface area contributed by atoms with Gasteiger partial charge in [-0.05, 0) is 37.5 Å². The van der Waals surface area contributed by atoms with Crippen molar-refractivity contribution in [3.63, 3.8) is 0 Å². The van der Waals surface area contributed by atoms with Gasteiger partial charge >= 0.3 is 6.09 Å². The van der Waals surface area contributed by atoms with Crippen LogP contribution in [0.1, 0.15) is 39.7 Å². The molecule has 1 heterocycles. The summed E-state index contributed by atoms with van der Waals surface area (Å²) < 4.78 is 18.4. The molecule has 1 aliphatic rings. The second kappa shape index (κ2) is 8.32. The van der Waals surface area contributed by atoms with Crippen molar-refractivity contribution in [2.45, 2.75) is 52.8 Å². The third kappa shape index (κ3) is 5.18. The topological polar surface area (TPSA) is 49.9 Å². The minimum atomic E-state index is -0.378. The molecule has 1 aromatic rings. The average molecular weight is 350 g/mol. The molecule has 1 aliphatic heterocycles. The maximum Gasteiger partial charge on any atom is 0.410 e. The molecule has 1 fully saturated rings. The molecule has 1 aromatic carbocycles. The number of amides is 2. The summed E-state index contributed by atoms with van der Waals surface area (Å²) in [4.78, 5) is 28.4. The van der Waals surface area contributed by atoms with E-state index in [0.717, 1.165) is 5.56 Å². The molecule has 0 saturated carbocycles. The van der Waals surface area contributed by atoms with Gasteiger partial charge < -0.3 is 14.5 Å². The molecule has 25 heavy (non-hydrogen) atoms. The van der Waals surface area contributed by atoms with Crippen LogP contribution >= 0.6 is 0 Å². The fraction of sp³-hybridized carbons (Fsp3) is 0.579. The molecule has 138 valence electrons. The van der Waals surface area contributed by atoms with E-state index in [9.17, 15) is 14.0 Å². The number of ether oxygens (including phenoxy) is 1. The van der Waals surface area contributed by atoms with E-state index in [1.165, 1.54) is 12.1 Å². The molecule has 0 spiro atoms. The zero-order chi connectivity index (χ0) is 18.6. The molecule has 1 atom stereocenters. The fourth-order valence-electron chi connectivity index (χ4n) is 2.98. The van der Waals surface area contributed by atoms with Crippen molar-refractivity contribution in [1.82, 2.24) is 9.80 Å². The van der Waals surface area contributed by atoms with E-state index >= 15 is 0 Å². The highest BCUT2D eigenvalue weighted by Crippen LogP contribution is 2.21. The molecule has 6 heteroatoms. The minimum Gasteiger partial charge on any atom is -0.447 e. The highest BCUT2D eigenvalue weighted by Gasteiger charge is 2.34. The van der Waals surface area contributed by atoms with Crippen LogP contribution in [0.4, 0.5) is 9.18 Å². The summed E-state index contributed by atoms with van der Waals surface area (Å²) in [6.45, 7) is 8.89. The van der Waals surface area contributed by atoms with Crippen LogP contribution < -0.4 is 0 Å². The molecule has 0 unspecified atom stereocenters. The standard InChI is InChI=1S/C19H27FN2O3/c1-13(2)17-12-21(19(24)25-14(3)4)10-9-18(23)22(17)11-15-5-7-16(20)8-6-15/h5-8,13-14,17H,9-12H2,1-4H3/t17-/m0/s1. The van der Waals surface area contributed by atoms with Crippen molar-refractivity contribution >= 4 is 12.0 Å². The van der Waals surface area contributed by atoms with Gasteiger partial charge in [0.15, 0.2) is 0 Å². The van der Waals surface area contributed by atoms with Crippen LogP contribution in [0.5, 0.6) is 0 Å². The Kier molecular flexibility index (Phi) is 6.39. The lowest BCUT2D eigenvalue weighted by Gasteiger charge is -2.34. The Balaban J connectivity index is 2.18. The van der Waals surface area contributed by atoms with E-state index in [1.54, 1.807) is 21.9 Å². The summed E-state index contributed by atoms with van der Waals surface area (Å²) in [6.07, 6.45) is -0.311. The van der Waals surface area contributed by atoms with Crippen LogP contribution in [-0.4, -0.2) is 47.0 Å². The van der Waals surface area contributed by atoms with Gasteiger partial charge in [-0.1, -0.05) is 26.0 Å². The zero-order valence-electron chi connectivity index (χ0n) is 15.4. The second-order valence-electron chi connectivity index (χ2n) is 7.09. The molecule has 0 bridgehead atoms. The molecule has 0 aromatic heterocycles. The summed E-state index contributed by atoms with van der Waals surface area (Å²) >= 11 is 0. The smallest absolute Gasteiger partial charge is 0.410 e. The first-order chi connectivity index (χ1) is 11.8. The number of carbonyl (C=O) groups excluding carboxylic acids is 2. The summed E-state index contributed by atoms with van der Waals surface area (Å²) in [7, 11) is 0. The lowest BCUT2D eigenvalue weighted by molar-refractivity contribution is -0.134. The van der Waals surface area contributed by atoms with Crippen LogP contribution in [0.25, 0.3) is 0 Å². The van der Waals surface area contributed by atoms with Crippen LogP contribution in [0.15, 0.2) is 24.3 Å². The van der Waals surface area contributed by atoms with Crippen molar-refractivity contribution in [3.8, 4) is 0 Å². The molecular weight excluding hydrogens is 323 g/mol. The number of hydrogen-bond acceptors (Lipinski definition) is 3. The van der Waals surface area contributed by atoms with Crippen molar-refractivity contribution in [3.05, 3.63) is 35.6 Å². The molecule has 0 radical (unpaired) electrons. The highest BCUT2D eigenvalue weighted by molar-refractivity contribution is 5.78. The van der Waals surface area contributed by atoms with Crippen molar-refractivity contribution in [1.29, 1.82) is 0 Å². The van der Waals surface area contributed by atoms with Crippen LogP contribution in [0.2, 0.25) is 0 Å². The predicted octanol–water partition coefficient (Wildman–Crippen LogP) is 3.43. The molecule has 0 N–H and O–H groups in total. The normalized spacial score (nSPS) is 18.7. The van der Waals surface area contributed by atoms with Crippen molar-refractivity contribution in [2.75, 3.05) is 13.1 Å². The summed E-state index contributed by atoms with van der Waals surface area (Å²) in [6, 6.07) is 6.06. The van der Waals surface area contributed by atoms with Gasteiger partial charge in [-0.25, -0.2) is 9.18 Å². The Morgan fingerprint density at radius 3 is 2.44 bits per heavy atom. The minimum absolute atomic E-state index is 0.00266. The molecule has 0 aliphatic carbocycles. The van der Waals surface area contributed by atoms with Gasteiger partial charge in [0.1, 0.15) is 5.82 Å². The van der Waals surface area contributed by atoms with E-state index in [0.29, 0.717) is 19.6 Å². The van der Waals surface area contributed by atoms with E-state index < -0.39 is 0 Å². The zero-order valence-corrected chi connectivity index (χ0v) is 15.4. The van der Waals surface area contributed by atoms with E-state index in [-0.39, 0.29) is 42.3 Å². The Morgan fingerprint density at radius 2 is 1.88 bits per heavy atom. The van der Waals surface area contributed by atoms with Crippen LogP contribution in [-0.2, 0) is 16.1 Å². The first kappa shape index (κ1) is 19.2. The van der Waals surface area contributed by atoms with Crippen LogP contribution in [0.3, 0.4) is 0 Å². The number of benzene rings is 1. The first-order valence-electron chi connectivity index (χ1n) is 8.77. The van der Waals surface area contributed by atoms with Crippen molar-refractivity contribution < 1.29 is 18.7 Å². The summed E-state index contributed by atoms with van der Waals surface area (Å²) in [5.41, 5.74) is 0.874. The number of halogens is 1. The molecule has 1 saturated heterocycles. The lowest BCUT2D eigenvalue weighted by atomic mass is 10.0. The average Bonchev–Trinajstić information content (AvgIpc) is 2.69. The van der Waals surface area contributed by atoms with Crippen molar-refractivity contribution in [2.24, 2.45) is 5.92 Å². The predicted molar refractivity (Wildman–Crippen MR) is 93.4 cm³/mol. The van der Waals surface area contributed by atoms with Gasteiger partial charge in [-0.3, -0.25) is 4.79 Å². The van der Waals surface area contributed by atoms with Gasteiger partial charge in [-0.15, -0.1) is 0 Å². The highest BCUT2D eigenvalue weighted by atomic mass is 19.1. The molecular formula is C19H27FN2O3. The molecule has 5 nitrogen and oxygen atoms in total. The SMILES string of the molecule is CC(C)OC(=O)N1CCC(=O)N(Cc2ccc(F)cc2)[C@H](C(C)C)C1. The maximum atomic E-state index is 13.1. The molecule has 2 rings (SSSR count). The Labute approximate surface area is 148 Å². The first-order valence-corrected chi connectivity index (χ1v) is 8.77. The Morgan fingerprint density at radius 1 is 1.24 bits per heavy atom. The number of rotatable bonds is 4. The number of nitrogens with zero attached hydrogens (tertiary/aromatic N) is 2. The van der Waals surface area contributed by atoms with E-state index in [1.807, 2.05) is 27.7 Å². The number of carbonyl (C=O) groups is 2. The largest absolute Gasteiger partial charge is 0.447 e. The third-order valence-corrected chi connectivity index (χ3v) is 4.35. The van der Waals surface area contributed by atoms with Gasteiger partial charge in [0, 0.05) is 26.1 Å². The third-order valence-electron chi connectivity index (χ3n) is 4.35. The van der Waals surface area contributed by atoms with Gasteiger partial charge in [0.25, 0.3) is 0 Å². The maximum absolute atomic E-state index is 13.1. The summed E-state index contributed by atoms with van der Waals surface area (Å²) in [5.74, 6) is -0.117. The lowest BCUT2D eigenvalue weighted by Crippen LogP contribution is -2.47.